The van der Waals surface area contributed by atoms with Crippen molar-refractivity contribution in [3.63, 3.8) is 0 Å². The minimum absolute atomic E-state index is 0. The fraction of sp³-hybridized carbons (Fsp3) is 0.231. The van der Waals surface area contributed by atoms with Crippen LogP contribution in [0.1, 0.15) is 20.3 Å². The van der Waals surface area contributed by atoms with Crippen LogP contribution in [0.2, 0.25) is 0 Å². The van der Waals surface area contributed by atoms with Crippen molar-refractivity contribution in [2.75, 3.05) is 0 Å². The Morgan fingerprint density at radius 2 is 1.36 bits per heavy atom. The summed E-state index contributed by atoms with van der Waals surface area (Å²) in [6, 6.07) is 0. The van der Waals surface area contributed by atoms with Gasteiger partial charge in [0.15, 0.2) is 0 Å². The summed E-state index contributed by atoms with van der Waals surface area (Å²) in [7, 11) is 0. The minimum atomic E-state index is -0.312. The van der Waals surface area contributed by atoms with Crippen LogP contribution >= 0.6 is 0 Å². The molecule has 14 heavy (non-hydrogen) atoms. The Labute approximate surface area is 99.4 Å². The van der Waals surface area contributed by atoms with Gasteiger partial charge < -0.3 is 0 Å². The van der Waals surface area contributed by atoms with Crippen molar-refractivity contribution in [2.45, 2.75) is 20.3 Å². The largest absolute Gasteiger partial charge is 0.106 e. The first kappa shape index (κ1) is 13.6. The summed E-state index contributed by atoms with van der Waals surface area (Å²) < 4.78 is 3.45. The zero-order valence-corrected chi connectivity index (χ0v) is 10.3. The Morgan fingerprint density at radius 3 is 1.64 bits per heavy atom. The van der Waals surface area contributed by atoms with E-state index >= 15 is 0 Å². The molecule has 0 radical (unpaired) electrons. The van der Waals surface area contributed by atoms with Gasteiger partial charge in [0.25, 0.3) is 0 Å². The standard InChI is InChI=1S/2C5H5.C2H4.CH4.Zr/c2*1-2-4-5-3-1;1-2;;/h2*1-3H,4H2;1-2H2;1H4;. The summed E-state index contributed by atoms with van der Waals surface area (Å²) in [5.41, 5.74) is 0. The van der Waals surface area contributed by atoms with Crippen LogP contribution in [0.3, 0.4) is 0 Å². The zero-order valence-electron chi connectivity index (χ0n) is 7.79. The van der Waals surface area contributed by atoms with Crippen molar-refractivity contribution in [1.29, 1.82) is 0 Å². The summed E-state index contributed by atoms with van der Waals surface area (Å²) in [5, 5.41) is 0. The molecular weight excluding hydrogens is 247 g/mol. The molecule has 0 aromatic carbocycles. The van der Waals surface area contributed by atoms with Gasteiger partial charge in [-0.2, -0.15) is 0 Å². The summed E-state index contributed by atoms with van der Waals surface area (Å²) >= 11 is -0.312. The number of hydrogen-bond acceptors (Lipinski definition) is 0. The summed E-state index contributed by atoms with van der Waals surface area (Å²) in [5.74, 6) is 0. The van der Waals surface area contributed by atoms with E-state index in [4.69, 9.17) is 0 Å². The third-order valence-electron chi connectivity index (χ3n) is 1.86. The molecule has 2 aliphatic rings. The topological polar surface area (TPSA) is 0 Å². The molecule has 0 aliphatic heterocycles. The predicted molar refractivity (Wildman–Crippen MR) is 61.7 cm³/mol. The number of hydrogen-bond donors (Lipinski definition) is 0. The third-order valence-corrected chi connectivity index (χ3v) is 5.27. The van der Waals surface area contributed by atoms with Crippen molar-refractivity contribution in [3.8, 4) is 0 Å². The molecule has 0 aromatic heterocycles. The maximum Gasteiger partial charge on any atom is -0.106 e. The molecule has 0 heterocycles. The van der Waals surface area contributed by atoms with E-state index in [1.54, 1.807) is 6.56 Å². The van der Waals surface area contributed by atoms with Gasteiger partial charge in [-0.3, -0.25) is 0 Å². The van der Waals surface area contributed by atoms with E-state index in [2.05, 4.69) is 49.6 Å². The van der Waals surface area contributed by atoms with Crippen LogP contribution in [0.4, 0.5) is 0 Å². The normalized spacial score (nSPS) is 16.3. The Bertz CT molecular complexity index is 252. The van der Waals surface area contributed by atoms with Crippen molar-refractivity contribution >= 4 is 0 Å². The van der Waals surface area contributed by atoms with Crippen molar-refractivity contribution in [1.82, 2.24) is 0 Å². The van der Waals surface area contributed by atoms with Gasteiger partial charge in [0.05, 0.1) is 0 Å². The Balaban J connectivity index is 0.000000531. The molecule has 0 aromatic rings. The monoisotopic (exact) mass is 264 g/mol. The molecule has 1 heteroatoms. The molecule has 0 fully saturated rings. The Hall–Kier alpha value is -0.417. The smallest absolute Gasteiger partial charge is 0.106 e. The van der Waals surface area contributed by atoms with Crippen LogP contribution in [0.5, 0.6) is 0 Å². The van der Waals surface area contributed by atoms with Gasteiger partial charge in [-0.05, 0) is 0 Å². The van der Waals surface area contributed by atoms with Crippen LogP contribution in [-0.2, 0) is 23.2 Å². The van der Waals surface area contributed by atoms with Crippen molar-refractivity contribution < 1.29 is 23.2 Å². The van der Waals surface area contributed by atoms with E-state index in [9.17, 15) is 0 Å². The number of allylic oxidation sites excluding steroid dienone is 8. The predicted octanol–water partition coefficient (Wildman–Crippen LogP) is 4.19. The van der Waals surface area contributed by atoms with Crippen molar-refractivity contribution in [3.05, 3.63) is 56.2 Å². The molecule has 0 bridgehead atoms. The quantitative estimate of drug-likeness (QED) is 0.657. The van der Waals surface area contributed by atoms with Gasteiger partial charge in [0.1, 0.15) is 0 Å². The second kappa shape index (κ2) is 7.94. The Morgan fingerprint density at radius 1 is 0.929 bits per heavy atom. The summed E-state index contributed by atoms with van der Waals surface area (Å²) in [6.07, 6.45) is 16.0. The summed E-state index contributed by atoms with van der Waals surface area (Å²) in [4.78, 5) is 0. The van der Waals surface area contributed by atoms with Crippen LogP contribution in [0.25, 0.3) is 0 Å². The first-order valence-corrected chi connectivity index (χ1v) is 6.89. The molecule has 0 saturated heterocycles. The van der Waals surface area contributed by atoms with Gasteiger partial charge in [0.2, 0.25) is 0 Å². The molecule has 0 nitrogen and oxygen atoms in total. The molecule has 0 saturated carbocycles. The summed E-state index contributed by atoms with van der Waals surface area (Å²) in [6.45, 7) is 6.00. The zero-order chi connectivity index (χ0) is 9.52. The average Bonchev–Trinajstić information content (AvgIpc) is 2.81. The second-order valence-corrected chi connectivity index (χ2v) is 6.55. The van der Waals surface area contributed by atoms with Crippen molar-refractivity contribution in [2.24, 2.45) is 0 Å². The number of rotatable bonds is 2. The van der Waals surface area contributed by atoms with Gasteiger partial charge in [-0.1, -0.05) is 7.43 Å². The Kier molecular flexibility index (Phi) is 7.70. The average molecular weight is 266 g/mol. The molecule has 0 spiro atoms. The molecule has 0 amide bonds. The van der Waals surface area contributed by atoms with E-state index in [0.717, 1.165) is 0 Å². The fourth-order valence-corrected chi connectivity index (χ4v) is 4.26. The first-order chi connectivity index (χ1) is 6.45. The van der Waals surface area contributed by atoms with E-state index in [1.807, 2.05) is 0 Å². The van der Waals surface area contributed by atoms with Gasteiger partial charge in [-0.15, -0.1) is 13.2 Å². The molecule has 2 rings (SSSR count). The molecule has 74 valence electrons. The van der Waals surface area contributed by atoms with Gasteiger partial charge in [0, 0.05) is 0 Å². The van der Waals surface area contributed by atoms with E-state index in [0.29, 0.717) is 0 Å². The molecular formula is C13H18Zr. The second-order valence-electron chi connectivity index (χ2n) is 2.77. The van der Waals surface area contributed by atoms with Crippen LogP contribution in [0.15, 0.2) is 56.2 Å². The van der Waals surface area contributed by atoms with Gasteiger partial charge >= 0.3 is 79.1 Å². The molecule has 2 aliphatic carbocycles. The minimum Gasteiger partial charge on any atom is -0.106 e. The van der Waals surface area contributed by atoms with Crippen LogP contribution in [-0.4, -0.2) is 0 Å². The van der Waals surface area contributed by atoms with Crippen LogP contribution in [0, 0.1) is 0 Å². The molecule has 0 N–H and O–H groups in total. The molecule has 0 atom stereocenters. The SMILES string of the molecule is C.C1=CC[C]([Zr][C]2=CC=CC2)=C1.C=C. The molecule has 0 unspecified atom stereocenters. The van der Waals surface area contributed by atoms with Crippen LogP contribution < -0.4 is 0 Å². The maximum atomic E-state index is 3.00. The third kappa shape index (κ3) is 4.20. The van der Waals surface area contributed by atoms with E-state index in [1.165, 1.54) is 12.8 Å². The maximum absolute atomic E-state index is 3.00. The van der Waals surface area contributed by atoms with E-state index < -0.39 is 0 Å². The first-order valence-electron chi connectivity index (χ1n) is 4.43. The van der Waals surface area contributed by atoms with E-state index in [-0.39, 0.29) is 30.7 Å². The fourth-order valence-electron chi connectivity index (χ4n) is 1.29. The van der Waals surface area contributed by atoms with Gasteiger partial charge in [-0.25, -0.2) is 0 Å².